The molecular formula is C40H35N7O5. The maximum Gasteiger partial charge on any atom is 0.245 e. The molecule has 0 amide bonds. The maximum atomic E-state index is 12.4. The second kappa shape index (κ2) is 14.3. The van der Waals surface area contributed by atoms with Crippen LogP contribution in [0.15, 0.2) is 89.6 Å². The third-order valence-corrected chi connectivity index (χ3v) is 8.57. The van der Waals surface area contributed by atoms with Crippen LogP contribution in [0.25, 0.3) is 44.6 Å². The summed E-state index contributed by atoms with van der Waals surface area (Å²) in [7, 11) is 7.83. The summed E-state index contributed by atoms with van der Waals surface area (Å²) in [5, 5.41) is 14.2. The fraction of sp³-hybridized carbons (Fsp3) is 0.175. The third kappa shape index (κ3) is 6.98. The molecule has 1 aliphatic carbocycles. The van der Waals surface area contributed by atoms with Crippen molar-refractivity contribution in [3.8, 4) is 40.2 Å². The number of ether oxygens (including phenoxy) is 2. The Bertz CT molecular complexity index is 2560. The summed E-state index contributed by atoms with van der Waals surface area (Å²) < 4.78 is 20.1. The molecule has 0 bridgehead atoms. The molecule has 2 aromatic heterocycles. The highest BCUT2D eigenvalue weighted by Crippen LogP contribution is 2.42. The van der Waals surface area contributed by atoms with Crippen LogP contribution in [0.5, 0.6) is 5.88 Å². The van der Waals surface area contributed by atoms with Crippen LogP contribution in [0.1, 0.15) is 27.0 Å². The Balaban J connectivity index is 1.10. The summed E-state index contributed by atoms with van der Waals surface area (Å²) in [6.45, 7) is 0.819. The number of carboxylic acid groups (broad SMARTS) is 1. The summed E-state index contributed by atoms with van der Waals surface area (Å²) in [4.78, 5) is 29.7. The van der Waals surface area contributed by atoms with Crippen molar-refractivity contribution < 1.29 is 23.8 Å². The molecule has 0 unspecified atom stereocenters. The average Bonchev–Trinajstić information content (AvgIpc) is 3.61. The lowest BCUT2D eigenvalue weighted by Crippen LogP contribution is -2.23. The predicted octanol–water partition coefficient (Wildman–Crippen LogP) is 4.06. The van der Waals surface area contributed by atoms with Gasteiger partial charge in [-0.25, -0.2) is 9.56 Å². The van der Waals surface area contributed by atoms with Gasteiger partial charge in [0.05, 0.1) is 25.0 Å². The van der Waals surface area contributed by atoms with Crippen LogP contribution in [0.3, 0.4) is 0 Å². The van der Waals surface area contributed by atoms with Gasteiger partial charge in [-0.05, 0) is 47.0 Å². The minimum atomic E-state index is -1.28. The summed E-state index contributed by atoms with van der Waals surface area (Å²) >= 11 is 0. The molecule has 7 rings (SSSR count). The van der Waals surface area contributed by atoms with Crippen LogP contribution < -0.4 is 30.4 Å². The maximum absolute atomic E-state index is 12.4. The molecule has 0 atom stereocenters. The van der Waals surface area contributed by atoms with Gasteiger partial charge in [-0.3, -0.25) is 0 Å². The number of fused-ring (bicyclic) bond motifs is 3. The van der Waals surface area contributed by atoms with Gasteiger partial charge in [0.25, 0.3) is 0 Å². The second-order valence-corrected chi connectivity index (χ2v) is 12.6. The number of carbonyl (C=O) groups excluding carboxylic acids is 1. The first kappa shape index (κ1) is 33.8. The van der Waals surface area contributed by atoms with Gasteiger partial charge in [0, 0.05) is 59.6 Å². The molecule has 3 N–H and O–H groups in total. The molecule has 0 radical (unpaired) electrons. The standard InChI is InChI=1S/C40H35N7O5/c1-46(2)27-12-15-30-33(19-27)52-34-20-28(47(3)4)13-16-31(34)35(30)32-18-24(11-14-29(32)39(48)49)6-5-17-50-21-25-7-9-26(10-8-25)22-51-38-36-37(43-23-42-36)44-40(41)45-38/h7-16,18-20,23H,17,21-22H2,1-4H3,(H3-,41,42,43,44,45,48,49). The molecule has 12 nitrogen and oxygen atoms in total. The first-order valence-corrected chi connectivity index (χ1v) is 16.4. The summed E-state index contributed by atoms with van der Waals surface area (Å²) in [5.41, 5.74) is 13.0. The molecule has 260 valence electrons. The Morgan fingerprint density at radius 3 is 2.50 bits per heavy atom. The van der Waals surface area contributed by atoms with Crippen molar-refractivity contribution in [2.45, 2.75) is 13.2 Å². The number of nitrogens with one attached hydrogen (secondary N) is 1. The number of aromatic nitrogens is 4. The van der Waals surface area contributed by atoms with Gasteiger partial charge < -0.3 is 39.4 Å². The number of nitrogens with zero attached hydrogens (tertiary/aromatic N) is 5. The number of anilines is 2. The Morgan fingerprint density at radius 2 is 1.75 bits per heavy atom. The molecule has 0 saturated carbocycles. The van der Waals surface area contributed by atoms with E-state index in [-0.39, 0.29) is 24.7 Å². The Labute approximate surface area is 299 Å². The number of imidazole rings is 1. The van der Waals surface area contributed by atoms with E-state index in [0.29, 0.717) is 46.1 Å². The number of rotatable bonds is 9. The number of carboxylic acids is 1. The first-order chi connectivity index (χ1) is 25.1. The van der Waals surface area contributed by atoms with Crippen molar-refractivity contribution in [3.05, 3.63) is 113 Å². The molecule has 1 aliphatic heterocycles. The minimum Gasteiger partial charge on any atom is -0.545 e. The third-order valence-electron chi connectivity index (χ3n) is 8.57. The van der Waals surface area contributed by atoms with Crippen LogP contribution in [-0.4, -0.2) is 60.7 Å². The SMILES string of the molecule is CN(C)c1ccc2c(-c3cc(C#CCOCc4ccc(COc5nc(N)nc6nc[nH]c56)cc4)ccc3C(=O)[O-])c3ccc(=[N+](C)C)cc-3oc2c1. The molecule has 3 heterocycles. The highest BCUT2D eigenvalue weighted by molar-refractivity contribution is 6.07. The lowest BCUT2D eigenvalue weighted by molar-refractivity contribution is -0.254. The van der Waals surface area contributed by atoms with E-state index in [1.807, 2.05) is 98.3 Å². The molecule has 52 heavy (non-hydrogen) atoms. The smallest absolute Gasteiger partial charge is 0.245 e. The minimum absolute atomic E-state index is 0.0635. The molecular weight excluding hydrogens is 658 g/mol. The van der Waals surface area contributed by atoms with Gasteiger partial charge in [-0.1, -0.05) is 42.2 Å². The highest BCUT2D eigenvalue weighted by Gasteiger charge is 2.21. The number of aromatic carboxylic acids is 1. The zero-order chi connectivity index (χ0) is 36.4. The van der Waals surface area contributed by atoms with Crippen molar-refractivity contribution in [3.63, 3.8) is 0 Å². The molecule has 0 saturated heterocycles. The fourth-order valence-electron chi connectivity index (χ4n) is 5.89. The molecule has 3 aromatic carbocycles. The van der Waals surface area contributed by atoms with E-state index in [4.69, 9.17) is 19.6 Å². The number of carbonyl (C=O) groups is 1. The van der Waals surface area contributed by atoms with Gasteiger partial charge in [-0.15, -0.1) is 0 Å². The highest BCUT2D eigenvalue weighted by atomic mass is 16.5. The van der Waals surface area contributed by atoms with Gasteiger partial charge in [-0.2, -0.15) is 9.97 Å². The molecule has 0 spiro atoms. The monoisotopic (exact) mass is 693 g/mol. The zero-order valence-electron chi connectivity index (χ0n) is 29.1. The Kier molecular flexibility index (Phi) is 9.26. The van der Waals surface area contributed by atoms with Crippen molar-refractivity contribution >= 4 is 39.7 Å². The van der Waals surface area contributed by atoms with Crippen LogP contribution in [0.2, 0.25) is 0 Å². The normalized spacial score (nSPS) is 11.1. The quantitative estimate of drug-likeness (QED) is 0.0978. The van der Waals surface area contributed by atoms with Crippen LogP contribution in [0, 0.1) is 11.8 Å². The average molecular weight is 694 g/mol. The number of H-pyrrole nitrogens is 1. The van der Waals surface area contributed by atoms with Crippen LogP contribution in [0.4, 0.5) is 11.6 Å². The van der Waals surface area contributed by atoms with Crippen molar-refractivity contribution in [2.24, 2.45) is 0 Å². The molecule has 12 heteroatoms. The lowest BCUT2D eigenvalue weighted by Gasteiger charge is -2.20. The number of hydrogen-bond acceptors (Lipinski definition) is 10. The van der Waals surface area contributed by atoms with E-state index in [1.165, 1.54) is 6.33 Å². The molecule has 0 fully saturated rings. The Morgan fingerprint density at radius 1 is 0.962 bits per heavy atom. The van der Waals surface area contributed by atoms with Crippen molar-refractivity contribution in [1.29, 1.82) is 0 Å². The first-order valence-electron chi connectivity index (χ1n) is 16.4. The van der Waals surface area contributed by atoms with E-state index in [9.17, 15) is 9.90 Å². The lowest BCUT2D eigenvalue weighted by atomic mass is 9.89. The van der Waals surface area contributed by atoms with Gasteiger partial charge in [0.15, 0.2) is 5.65 Å². The Hall–Kier alpha value is -6.71. The van der Waals surface area contributed by atoms with Crippen LogP contribution in [-0.2, 0) is 18.0 Å². The summed E-state index contributed by atoms with van der Waals surface area (Å²) in [6.07, 6.45) is 1.51. The zero-order valence-corrected chi connectivity index (χ0v) is 29.1. The van der Waals surface area contributed by atoms with Gasteiger partial charge in [0.2, 0.25) is 17.2 Å². The summed E-state index contributed by atoms with van der Waals surface area (Å²) in [5.74, 6) is 5.99. The van der Waals surface area contributed by atoms with Crippen LogP contribution >= 0.6 is 0 Å². The summed E-state index contributed by atoms with van der Waals surface area (Å²) in [6, 6.07) is 24.6. The number of benzene rings is 4. The van der Waals surface area contributed by atoms with E-state index < -0.39 is 5.97 Å². The van der Waals surface area contributed by atoms with E-state index in [2.05, 4.69) is 31.8 Å². The topological polar surface area (TPSA) is 158 Å². The van der Waals surface area contributed by atoms with E-state index in [1.54, 1.807) is 18.2 Å². The van der Waals surface area contributed by atoms with Crippen molar-refractivity contribution in [1.82, 2.24) is 24.5 Å². The second-order valence-electron chi connectivity index (χ2n) is 12.6. The van der Waals surface area contributed by atoms with E-state index in [0.717, 1.165) is 38.7 Å². The largest absolute Gasteiger partial charge is 0.545 e. The van der Waals surface area contributed by atoms with E-state index >= 15 is 0 Å². The predicted molar refractivity (Wildman–Crippen MR) is 197 cm³/mol. The number of aromatic amines is 1. The fourth-order valence-corrected chi connectivity index (χ4v) is 5.89. The van der Waals surface area contributed by atoms with Gasteiger partial charge >= 0.3 is 0 Å². The number of nitrogens with two attached hydrogens (primary N) is 1. The molecule has 5 aromatic rings. The number of hydrogen-bond donors (Lipinski definition) is 2. The van der Waals surface area contributed by atoms with Gasteiger partial charge in [0.1, 0.15) is 44.2 Å². The number of nitrogen functional groups attached to an aromatic ring is 1. The molecule has 2 aliphatic rings. The van der Waals surface area contributed by atoms with Crippen molar-refractivity contribution in [2.75, 3.05) is 45.4 Å².